The fourth-order valence-electron chi connectivity index (χ4n) is 7.80. The van der Waals surface area contributed by atoms with Gasteiger partial charge in [-0.1, -0.05) is 204 Å². The van der Waals surface area contributed by atoms with Gasteiger partial charge >= 0.3 is 0 Å². The van der Waals surface area contributed by atoms with E-state index in [0.717, 1.165) is 103 Å². The summed E-state index contributed by atoms with van der Waals surface area (Å²) in [5, 5.41) is 8.58. The quantitative estimate of drug-likeness (QED) is 0.0355. The van der Waals surface area contributed by atoms with Gasteiger partial charge in [-0.25, -0.2) is 0 Å². The van der Waals surface area contributed by atoms with E-state index in [0.29, 0.717) is 45.8 Å². The van der Waals surface area contributed by atoms with Gasteiger partial charge in [0.05, 0.1) is 26.4 Å². The first-order valence-corrected chi connectivity index (χ1v) is 28.2. The van der Waals surface area contributed by atoms with Gasteiger partial charge in [-0.15, -0.1) is 0 Å². The summed E-state index contributed by atoms with van der Waals surface area (Å²) in [6.07, 6.45) is 43.4. The number of nitrogens with two attached hydrogens (primary N) is 1. The minimum atomic E-state index is -0.858. The molecule has 0 bridgehead atoms. The van der Waals surface area contributed by atoms with E-state index < -0.39 is 6.04 Å². The van der Waals surface area contributed by atoms with E-state index >= 15 is 0 Å². The summed E-state index contributed by atoms with van der Waals surface area (Å²) in [6.45, 7) is 6.95. The van der Waals surface area contributed by atoms with Crippen molar-refractivity contribution in [2.75, 3.05) is 46.1 Å². The molecule has 1 atom stereocenters. The first-order chi connectivity index (χ1) is 33.5. The van der Waals surface area contributed by atoms with E-state index in [1.165, 1.54) is 128 Å². The molecule has 0 aliphatic heterocycles. The van der Waals surface area contributed by atoms with E-state index in [1.54, 1.807) is 0 Å². The molecule has 0 spiro atoms. The SMILES string of the molecule is CCCCCCCCCCCCC#CC#CCCCCCCCCC(=O)NCC(NC(=O)CCCCCCCCC#CC#CCCCCCCCCCCCC)C(=O)NCCOCCOCCN. The molecule has 9 heteroatoms. The summed E-state index contributed by atoms with van der Waals surface area (Å²) in [4.78, 5) is 38.7. The third kappa shape index (κ3) is 51.9. The van der Waals surface area contributed by atoms with Crippen molar-refractivity contribution in [3.63, 3.8) is 0 Å². The Balaban J connectivity index is 4.24. The van der Waals surface area contributed by atoms with Gasteiger partial charge in [-0.3, -0.25) is 14.4 Å². The zero-order valence-electron chi connectivity index (χ0n) is 44.0. The van der Waals surface area contributed by atoms with E-state index in [4.69, 9.17) is 15.2 Å². The average Bonchev–Trinajstić information content (AvgIpc) is 3.34. The van der Waals surface area contributed by atoms with Crippen LogP contribution >= 0.6 is 0 Å². The molecular formula is C59H102N4O5. The van der Waals surface area contributed by atoms with Crippen LogP contribution in [0, 0.1) is 47.4 Å². The molecule has 0 saturated heterocycles. The molecule has 5 N–H and O–H groups in total. The van der Waals surface area contributed by atoms with Gasteiger partial charge in [0.15, 0.2) is 0 Å². The molecule has 9 nitrogen and oxygen atoms in total. The molecule has 0 aliphatic carbocycles. The number of unbranched alkanes of at least 4 members (excludes halogenated alkanes) is 32. The van der Waals surface area contributed by atoms with Crippen LogP contribution in [0.5, 0.6) is 0 Å². The fourth-order valence-corrected chi connectivity index (χ4v) is 7.80. The van der Waals surface area contributed by atoms with Crippen molar-refractivity contribution >= 4 is 17.7 Å². The third-order valence-corrected chi connectivity index (χ3v) is 12.0. The Hall–Kier alpha value is -3.47. The van der Waals surface area contributed by atoms with Crippen molar-refractivity contribution in [2.45, 2.75) is 264 Å². The Labute approximate surface area is 419 Å². The van der Waals surface area contributed by atoms with Crippen LogP contribution in [0.15, 0.2) is 0 Å². The van der Waals surface area contributed by atoms with Gasteiger partial charge in [0.25, 0.3) is 0 Å². The van der Waals surface area contributed by atoms with Gasteiger partial charge in [-0.2, -0.15) is 0 Å². The van der Waals surface area contributed by atoms with Crippen molar-refractivity contribution in [3.05, 3.63) is 0 Å². The van der Waals surface area contributed by atoms with Crippen molar-refractivity contribution in [2.24, 2.45) is 5.73 Å². The van der Waals surface area contributed by atoms with Crippen LogP contribution in [0.25, 0.3) is 0 Å². The average molecular weight is 947 g/mol. The molecule has 0 saturated carbocycles. The topological polar surface area (TPSA) is 132 Å². The van der Waals surface area contributed by atoms with Crippen LogP contribution in [0.4, 0.5) is 0 Å². The minimum absolute atomic E-state index is 0.0444. The summed E-state index contributed by atoms with van der Waals surface area (Å²) in [5.74, 6) is 24.2. The maximum absolute atomic E-state index is 13.1. The maximum atomic E-state index is 13.1. The van der Waals surface area contributed by atoms with Gasteiger partial charge < -0.3 is 31.2 Å². The first-order valence-electron chi connectivity index (χ1n) is 28.2. The second-order valence-corrected chi connectivity index (χ2v) is 18.5. The van der Waals surface area contributed by atoms with Crippen LogP contribution in [0.3, 0.4) is 0 Å². The molecule has 0 heterocycles. The molecule has 0 rings (SSSR count). The number of amides is 3. The van der Waals surface area contributed by atoms with Gasteiger partial charge in [0, 0.05) is 58.2 Å². The molecular weight excluding hydrogens is 845 g/mol. The molecule has 0 aromatic heterocycles. The van der Waals surface area contributed by atoms with Crippen LogP contribution in [0.2, 0.25) is 0 Å². The number of hydrogen-bond donors (Lipinski definition) is 4. The smallest absolute Gasteiger partial charge is 0.244 e. The normalized spacial score (nSPS) is 10.9. The highest BCUT2D eigenvalue weighted by Gasteiger charge is 2.21. The predicted octanol–water partition coefficient (Wildman–Crippen LogP) is 12.6. The van der Waals surface area contributed by atoms with Crippen LogP contribution in [-0.2, 0) is 23.9 Å². The number of carbonyl (C=O) groups is 3. The Morgan fingerprint density at radius 3 is 1.13 bits per heavy atom. The van der Waals surface area contributed by atoms with Crippen molar-refractivity contribution in [1.82, 2.24) is 16.0 Å². The second-order valence-electron chi connectivity index (χ2n) is 18.5. The lowest BCUT2D eigenvalue weighted by Gasteiger charge is -2.19. The molecule has 0 radical (unpaired) electrons. The Bertz CT molecular complexity index is 1420. The summed E-state index contributed by atoms with van der Waals surface area (Å²) < 4.78 is 10.8. The van der Waals surface area contributed by atoms with Gasteiger partial charge in [0.1, 0.15) is 6.04 Å². The van der Waals surface area contributed by atoms with E-state index in [1.807, 2.05) is 0 Å². The lowest BCUT2D eigenvalue weighted by Crippen LogP contribution is -2.53. The Morgan fingerprint density at radius 2 is 0.750 bits per heavy atom. The zero-order valence-corrected chi connectivity index (χ0v) is 44.0. The minimum Gasteiger partial charge on any atom is -0.378 e. The molecule has 0 aromatic rings. The number of carbonyl (C=O) groups excluding carboxylic acids is 3. The highest BCUT2D eigenvalue weighted by Crippen LogP contribution is 2.13. The Morgan fingerprint density at radius 1 is 0.412 bits per heavy atom. The lowest BCUT2D eigenvalue weighted by atomic mass is 10.1. The fraction of sp³-hybridized carbons (Fsp3) is 0.814. The summed E-state index contributed by atoms with van der Waals surface area (Å²) >= 11 is 0. The summed E-state index contributed by atoms with van der Waals surface area (Å²) in [7, 11) is 0. The van der Waals surface area contributed by atoms with Crippen LogP contribution in [0.1, 0.15) is 258 Å². The molecule has 1 unspecified atom stereocenters. The van der Waals surface area contributed by atoms with Gasteiger partial charge in [0.2, 0.25) is 17.7 Å². The van der Waals surface area contributed by atoms with E-state index in [2.05, 4.69) is 77.2 Å². The molecule has 388 valence electrons. The number of rotatable bonds is 48. The van der Waals surface area contributed by atoms with Crippen molar-refractivity contribution in [3.8, 4) is 47.4 Å². The molecule has 0 fully saturated rings. The highest BCUT2D eigenvalue weighted by atomic mass is 16.5. The predicted molar refractivity (Wildman–Crippen MR) is 287 cm³/mol. The summed E-state index contributed by atoms with van der Waals surface area (Å²) in [5.41, 5.74) is 5.44. The monoisotopic (exact) mass is 947 g/mol. The standard InChI is InChI=1S/C59H102N4O5/c1-3-5-7-9-11-13-15-17-19-21-23-25-27-29-31-33-35-37-39-41-43-45-47-57(64)62-55-56(59(66)61-50-52-68-54-53-67-51-49-60)63-58(65)48-46-44-42-40-38-36-34-32-30-28-26-24-22-20-18-16-14-12-10-8-6-4-2/h56H,3-24,33-55,60H2,1-2H3,(H,61,66)(H,62,64)(H,63,65). The second kappa shape index (κ2) is 56.1. The lowest BCUT2D eigenvalue weighted by molar-refractivity contribution is -0.129. The van der Waals surface area contributed by atoms with E-state index in [-0.39, 0.29) is 30.8 Å². The Kier molecular flexibility index (Phi) is 53.3. The molecule has 0 aromatic carbocycles. The largest absolute Gasteiger partial charge is 0.378 e. The van der Waals surface area contributed by atoms with E-state index in [9.17, 15) is 14.4 Å². The number of ether oxygens (including phenoxy) is 2. The van der Waals surface area contributed by atoms with Gasteiger partial charge in [-0.05, 0) is 62.2 Å². The number of hydrogen-bond acceptors (Lipinski definition) is 6. The summed E-state index contributed by atoms with van der Waals surface area (Å²) in [6, 6.07) is -0.858. The molecule has 0 aliphatic rings. The zero-order chi connectivity index (χ0) is 49.3. The maximum Gasteiger partial charge on any atom is 0.244 e. The van der Waals surface area contributed by atoms with Crippen LogP contribution < -0.4 is 21.7 Å². The number of nitrogens with one attached hydrogen (secondary N) is 3. The molecule has 68 heavy (non-hydrogen) atoms. The van der Waals surface area contributed by atoms with Crippen molar-refractivity contribution < 1.29 is 23.9 Å². The highest BCUT2D eigenvalue weighted by molar-refractivity contribution is 5.88. The van der Waals surface area contributed by atoms with Crippen molar-refractivity contribution in [1.29, 1.82) is 0 Å². The molecule has 3 amide bonds. The third-order valence-electron chi connectivity index (χ3n) is 12.0. The van der Waals surface area contributed by atoms with Crippen LogP contribution in [-0.4, -0.2) is 69.8 Å². The first kappa shape index (κ1) is 64.5.